The van der Waals surface area contributed by atoms with Gasteiger partial charge in [-0.2, -0.15) is 4.98 Å². The maximum absolute atomic E-state index is 15.1. The van der Waals surface area contributed by atoms with Gasteiger partial charge in [-0.15, -0.1) is 11.3 Å². The SMILES string of the molecule is CCCC(=O)OCN(C(=O)[C@@H](NC(=O)[C@H]1CCCCN1C)C(C)CC)[C@H](C[C@@H](OC(C)=O)c1nc(C(=O)N[C@@H](Cc2ccc(O)cc2)C[C@H](C)C(=O)NNC(=O)OCCSSC[C@@H](NC(=O)C(NC(=O)[C@H](CC(=O)O)NC(=O)C(NC(=O)CC[C@H](NC(=O)c2ccc(NCc3cnc4nc(N)[nH]c(=O)c4n3)cc2)C(=O)O)[C@@H](O)[C@H](O)[C@H](O)CO)[C@@H](O)[C@H](O)[C@H](O)CO)C(=O)O)cs1)C(C)C. The van der Waals surface area contributed by atoms with Gasteiger partial charge < -0.3 is 129 Å². The van der Waals surface area contributed by atoms with Crippen molar-refractivity contribution in [2.45, 2.75) is 229 Å². The fourth-order valence-electron chi connectivity index (χ4n) is 13.7. The molecule has 5 aromatic rings. The lowest BCUT2D eigenvalue weighted by Gasteiger charge is -2.39. The van der Waals surface area contributed by atoms with Crippen LogP contribution in [0.4, 0.5) is 16.4 Å². The van der Waals surface area contributed by atoms with E-state index in [1.165, 1.54) is 66.7 Å². The number of amides is 10. The lowest BCUT2D eigenvalue weighted by molar-refractivity contribution is -0.160. The summed E-state index contributed by atoms with van der Waals surface area (Å²) >= 11 is 0.974. The molecule has 135 heavy (non-hydrogen) atoms. The number of hydrogen-bond acceptors (Lipinski definition) is 38. The molecule has 3 unspecified atom stereocenters. The number of H-pyrrole nitrogens is 1. The highest BCUT2D eigenvalue weighted by Gasteiger charge is 2.45. The Balaban J connectivity index is 1.05. The lowest BCUT2D eigenvalue weighted by atomic mass is 9.92. The molecule has 6 rings (SSSR count). The van der Waals surface area contributed by atoms with Crippen LogP contribution in [0.15, 0.2) is 64.9 Å². The highest BCUT2D eigenvalue weighted by Crippen LogP contribution is 2.33. The van der Waals surface area contributed by atoms with Crippen LogP contribution in [0.25, 0.3) is 11.2 Å². The zero-order valence-corrected chi connectivity index (χ0v) is 77.4. The molecular formula is C83H118N18O31S3. The Hall–Kier alpha value is -12.1. The van der Waals surface area contributed by atoms with Crippen LogP contribution in [-0.4, -0.2) is 328 Å². The van der Waals surface area contributed by atoms with Crippen molar-refractivity contribution >= 4 is 145 Å². The van der Waals surface area contributed by atoms with Gasteiger partial charge in [0.05, 0.1) is 44.1 Å². The third kappa shape index (κ3) is 35.3. The molecule has 1 aliphatic heterocycles. The standard InChI is InChI=1S/C83H118N18O31S3/c1-9-13-60(111)131-38-101(79(124)61(40(5)10-2)94-74(120)53-14-11-12-25-100(53)8)54(39(3)4)31-57(132-42(7)104)78-92-51(36-133-78)73(119)88-46(29-43-15-21-48(105)22-16-43)28-41(6)70(116)98-99-83(129)130-26-27-134-135-37-52(81(127)128)91-76(122)63(68(115)66(113)56(107)35-103)95-72(118)50(30-59(109)110)90-75(121)62(67(114)65(112)55(106)34-102)93-58(108)24-23-49(80(125)126)89-71(117)44-17-19-45(20-18-44)85-32-47-33-86-69-64(87-47)77(123)97-82(84)96-69/h15-22,33,36,39-41,46,49-50,52-57,61-63,65-68,85,102-103,105-107,112-115H,9-14,23-32,34-35,37-38H2,1-8H3,(H,88,119)(H,89,117)(H,90,121)(H,91,122)(H,93,108)(H,94,120)(H,95,118)(H,98,116)(H,99,129)(H,109,110)(H,125,126)(H,127,128)(H3,84,86,96,97,123)/t40?,41-,46+,49-,50-,52+,53+,54+,55+,56+,57+,61-,62?,63?,65+,66+,67+,68+/m0/s1. The van der Waals surface area contributed by atoms with Gasteiger partial charge >= 0.3 is 35.9 Å². The second kappa shape index (κ2) is 55.0. The quantitative estimate of drug-likeness (QED) is 0.00462. The normalized spacial score (nSPS) is 16.5. The summed E-state index contributed by atoms with van der Waals surface area (Å²) in [5, 5.41) is 144. The predicted octanol–water partition coefficient (Wildman–Crippen LogP) is -2.95. The van der Waals surface area contributed by atoms with E-state index in [4.69, 9.17) is 19.9 Å². The zero-order chi connectivity index (χ0) is 100. The summed E-state index contributed by atoms with van der Waals surface area (Å²) < 4.78 is 16.7. The number of carboxylic acid groups (broad SMARTS) is 3. The molecule has 3 aromatic heterocycles. The number of anilines is 2. The van der Waals surface area contributed by atoms with Gasteiger partial charge in [0.15, 0.2) is 24.0 Å². The fourth-order valence-corrected chi connectivity index (χ4v) is 16.5. The first kappa shape index (κ1) is 112. The summed E-state index contributed by atoms with van der Waals surface area (Å²) in [5.74, 6) is -19.4. The molecule has 0 aliphatic carbocycles. The van der Waals surface area contributed by atoms with Gasteiger partial charge in [0.25, 0.3) is 17.4 Å². The fraction of sp³-hybridized carbons (Fsp3) is 0.566. The van der Waals surface area contributed by atoms with Crippen LogP contribution >= 0.6 is 32.9 Å². The van der Waals surface area contributed by atoms with Gasteiger partial charge in [-0.25, -0.2) is 34.8 Å². The number of likely N-dealkylation sites (N-methyl/N-ethyl adjacent to an activating group) is 1. The second-order valence-electron chi connectivity index (χ2n) is 32.2. The molecular weight excluding hydrogens is 1840 g/mol. The number of nitrogen functional groups attached to an aromatic ring is 1. The van der Waals surface area contributed by atoms with E-state index >= 15 is 4.79 Å². The molecule has 18 atom stereocenters. The van der Waals surface area contributed by atoms with Crippen molar-refractivity contribution in [3.8, 4) is 5.75 Å². The molecule has 1 saturated heterocycles. The number of ether oxygens (including phenoxy) is 3. The van der Waals surface area contributed by atoms with Gasteiger partial charge in [0, 0.05) is 72.3 Å². The van der Waals surface area contributed by atoms with E-state index < -0.39 is 249 Å². The predicted molar refractivity (Wildman–Crippen MR) is 481 cm³/mol. The number of fused-ring (bicyclic) bond motifs is 1. The van der Waals surface area contributed by atoms with E-state index in [0.717, 1.165) is 45.8 Å². The Kier molecular flexibility index (Phi) is 45.5. The number of piperidine rings is 1. The van der Waals surface area contributed by atoms with Gasteiger partial charge in [0.2, 0.25) is 47.3 Å². The number of aliphatic hydroxyl groups excluding tert-OH is 8. The summed E-state index contributed by atoms with van der Waals surface area (Å²) in [6.07, 6.45) is -16.2. The summed E-state index contributed by atoms with van der Waals surface area (Å²) in [6.45, 7) is 8.95. The number of aromatic hydroxyl groups is 1. The number of hydrogen-bond donors (Lipinski definition) is 24. The molecule has 4 heterocycles. The van der Waals surface area contributed by atoms with E-state index in [9.17, 15) is 133 Å². The minimum Gasteiger partial charge on any atom is -0.508 e. The maximum atomic E-state index is 15.1. The van der Waals surface area contributed by atoms with Crippen LogP contribution < -0.4 is 64.7 Å². The molecule has 49 nitrogen and oxygen atoms in total. The molecule has 0 spiro atoms. The largest absolute Gasteiger partial charge is 0.508 e. The van der Waals surface area contributed by atoms with E-state index in [2.05, 4.69) is 57.0 Å². The van der Waals surface area contributed by atoms with Gasteiger partial charge in [-0.3, -0.25) is 77.6 Å². The van der Waals surface area contributed by atoms with Crippen LogP contribution in [0.2, 0.25) is 0 Å². The molecule has 744 valence electrons. The second-order valence-corrected chi connectivity index (χ2v) is 35.7. The molecule has 0 saturated carbocycles. The average Bonchev–Trinajstić information content (AvgIpc) is 1.77. The highest BCUT2D eigenvalue weighted by molar-refractivity contribution is 8.76. The van der Waals surface area contributed by atoms with Gasteiger partial charge in [0.1, 0.15) is 95.9 Å². The number of esters is 2. The lowest BCUT2D eigenvalue weighted by Crippen LogP contribution is -2.65. The number of hydrazine groups is 1. The summed E-state index contributed by atoms with van der Waals surface area (Å²) in [4.78, 5) is 237. The monoisotopic (exact) mass is 1960 g/mol. The summed E-state index contributed by atoms with van der Waals surface area (Å²) in [7, 11) is 3.42. The van der Waals surface area contributed by atoms with Crippen molar-refractivity contribution in [3.05, 3.63) is 98.0 Å². The number of likely N-dealkylation sites (tertiary alicyclic amines) is 1. The topological polar surface area (TPSA) is 764 Å². The number of phenolic OH excluding ortho intramolecular Hbond substituents is 1. The number of aliphatic hydroxyl groups is 8. The maximum Gasteiger partial charge on any atom is 0.426 e. The smallest absolute Gasteiger partial charge is 0.426 e. The minimum atomic E-state index is -2.74. The number of nitrogens with zero attached hydrogens (tertiary/aromatic N) is 6. The highest BCUT2D eigenvalue weighted by atomic mass is 33.1. The van der Waals surface area contributed by atoms with Crippen molar-refractivity contribution in [1.29, 1.82) is 0 Å². The Morgan fingerprint density at radius 1 is 0.689 bits per heavy atom. The van der Waals surface area contributed by atoms with E-state index in [0.29, 0.717) is 42.8 Å². The molecule has 10 amide bonds. The zero-order valence-electron chi connectivity index (χ0n) is 75.0. The van der Waals surface area contributed by atoms with Crippen molar-refractivity contribution in [3.63, 3.8) is 0 Å². The Morgan fingerprint density at radius 3 is 1.92 bits per heavy atom. The Labute approximate surface area is 784 Å². The minimum absolute atomic E-state index is 0.000137. The number of carbonyl (C=O) groups excluding carboxylic acids is 12. The van der Waals surface area contributed by atoms with Crippen LogP contribution in [0.5, 0.6) is 5.75 Å². The van der Waals surface area contributed by atoms with Crippen molar-refractivity contribution in [2.24, 2.45) is 17.8 Å². The summed E-state index contributed by atoms with van der Waals surface area (Å²) in [5.41, 5.74) is 10.2. The van der Waals surface area contributed by atoms with Crippen LogP contribution in [0, 0.1) is 17.8 Å². The number of aromatic nitrogens is 5. The number of aliphatic carboxylic acids is 3. The van der Waals surface area contributed by atoms with Crippen molar-refractivity contribution in [1.82, 2.24) is 82.8 Å². The first-order chi connectivity index (χ1) is 63.9. The average molecular weight is 1960 g/mol. The van der Waals surface area contributed by atoms with E-state index in [1.54, 1.807) is 19.1 Å². The number of aromatic amines is 1. The Bertz CT molecular complexity index is 4930. The van der Waals surface area contributed by atoms with E-state index in [1.807, 2.05) is 60.9 Å². The number of carboxylic acids is 3. The molecule has 25 N–H and O–H groups in total. The van der Waals surface area contributed by atoms with Crippen LogP contribution in [-0.2, 0) is 84.7 Å². The molecule has 2 aromatic carbocycles. The number of carbonyl (C=O) groups is 15. The number of phenols is 1. The first-order valence-corrected chi connectivity index (χ1v) is 46.3. The third-order valence-corrected chi connectivity index (χ3v) is 24.8. The number of nitrogens with two attached hydrogens (primary N) is 1. The van der Waals surface area contributed by atoms with Crippen LogP contribution in [0.1, 0.15) is 162 Å². The van der Waals surface area contributed by atoms with Gasteiger partial charge in [-0.1, -0.05) is 88.1 Å². The molecule has 1 aliphatic rings. The van der Waals surface area contributed by atoms with Crippen molar-refractivity contribution < 1.29 is 147 Å². The molecule has 0 radical (unpaired) electrons. The van der Waals surface area contributed by atoms with Crippen molar-refractivity contribution in [2.75, 3.05) is 62.7 Å². The summed E-state index contributed by atoms with van der Waals surface area (Å²) in [6, 6.07) is -3.42. The Morgan fingerprint density at radius 2 is 1.33 bits per heavy atom. The number of benzene rings is 2. The number of thiazole rings is 1. The third-order valence-electron chi connectivity index (χ3n) is 21.5. The van der Waals surface area contributed by atoms with E-state index in [-0.39, 0.29) is 88.9 Å². The van der Waals surface area contributed by atoms with Crippen LogP contribution in [0.3, 0.4) is 0 Å². The molecule has 0 bridgehead atoms. The molecule has 52 heteroatoms. The first-order valence-electron chi connectivity index (χ1n) is 42.9. The number of rotatable bonds is 55. The van der Waals surface area contributed by atoms with Gasteiger partial charge in [-0.05, 0) is 106 Å². The number of nitrogens with one attached hydrogen (secondary N) is 11. The molecule has 1 fully saturated rings.